The summed E-state index contributed by atoms with van der Waals surface area (Å²) in [6.07, 6.45) is 1.81. The van der Waals surface area contributed by atoms with Crippen molar-refractivity contribution in [3.05, 3.63) is 18.2 Å². The van der Waals surface area contributed by atoms with E-state index >= 15 is 0 Å². The summed E-state index contributed by atoms with van der Waals surface area (Å²) in [5.41, 5.74) is 0.766. The van der Waals surface area contributed by atoms with Gasteiger partial charge in [-0.1, -0.05) is 6.92 Å². The molecule has 1 aromatic carbocycles. The van der Waals surface area contributed by atoms with Crippen molar-refractivity contribution in [1.29, 1.82) is 0 Å². The second kappa shape index (κ2) is 6.35. The number of ether oxygens (including phenoxy) is 2. The van der Waals surface area contributed by atoms with Gasteiger partial charge in [-0.05, 0) is 31.0 Å². The minimum absolute atomic E-state index is 0.0322. The van der Waals surface area contributed by atoms with E-state index in [-0.39, 0.29) is 11.8 Å². The van der Waals surface area contributed by atoms with Gasteiger partial charge in [-0.25, -0.2) is 0 Å². The SMILES string of the molecule is CC1CNCC(C(=O)Nc2ccc3c(c2)OCCCO3)C1. The zero-order chi connectivity index (χ0) is 14.7. The standard InChI is InChI=1S/C16H22N2O3/c1-11-7-12(10-17-9-11)16(19)18-13-3-4-14-15(8-13)21-6-2-5-20-14/h3-4,8,11-12,17H,2,5-7,9-10H2,1H3,(H,18,19). The van der Waals surface area contributed by atoms with E-state index in [2.05, 4.69) is 17.6 Å². The van der Waals surface area contributed by atoms with Crippen molar-refractivity contribution in [2.24, 2.45) is 11.8 Å². The molecule has 2 aliphatic heterocycles. The number of fused-ring (bicyclic) bond motifs is 1. The van der Waals surface area contributed by atoms with Crippen molar-refractivity contribution in [1.82, 2.24) is 5.32 Å². The second-order valence-electron chi connectivity index (χ2n) is 5.90. The Kier molecular flexibility index (Phi) is 4.29. The van der Waals surface area contributed by atoms with Crippen molar-refractivity contribution in [3.63, 3.8) is 0 Å². The maximum atomic E-state index is 12.3. The van der Waals surface area contributed by atoms with Crippen molar-refractivity contribution in [3.8, 4) is 11.5 Å². The van der Waals surface area contributed by atoms with Gasteiger partial charge in [-0.2, -0.15) is 0 Å². The van der Waals surface area contributed by atoms with Gasteiger partial charge in [0, 0.05) is 24.7 Å². The fourth-order valence-electron chi connectivity index (χ4n) is 2.84. The third-order valence-corrected chi connectivity index (χ3v) is 3.96. The maximum Gasteiger partial charge on any atom is 0.228 e. The van der Waals surface area contributed by atoms with E-state index in [1.54, 1.807) is 0 Å². The van der Waals surface area contributed by atoms with Crippen LogP contribution in [0.3, 0.4) is 0 Å². The molecule has 3 rings (SSSR count). The zero-order valence-electron chi connectivity index (χ0n) is 12.4. The molecule has 1 aromatic rings. The lowest BCUT2D eigenvalue weighted by Gasteiger charge is -2.26. The molecule has 0 saturated carbocycles. The van der Waals surface area contributed by atoms with E-state index in [0.29, 0.717) is 24.9 Å². The summed E-state index contributed by atoms with van der Waals surface area (Å²) in [5, 5.41) is 6.29. The number of benzene rings is 1. The number of piperidine rings is 1. The second-order valence-corrected chi connectivity index (χ2v) is 5.90. The van der Waals surface area contributed by atoms with E-state index in [9.17, 15) is 4.79 Å². The van der Waals surface area contributed by atoms with Gasteiger partial charge in [0.2, 0.25) is 5.91 Å². The Morgan fingerprint density at radius 3 is 2.86 bits per heavy atom. The average Bonchev–Trinajstić information content (AvgIpc) is 2.72. The summed E-state index contributed by atoms with van der Waals surface area (Å²) in [6.45, 7) is 5.23. The molecule has 0 aromatic heterocycles. The van der Waals surface area contributed by atoms with Crippen LogP contribution in [-0.2, 0) is 4.79 Å². The Morgan fingerprint density at radius 1 is 1.24 bits per heavy atom. The number of hydrogen-bond donors (Lipinski definition) is 2. The number of carbonyl (C=O) groups is 1. The normalized spacial score (nSPS) is 25.0. The third-order valence-electron chi connectivity index (χ3n) is 3.96. The summed E-state index contributed by atoms with van der Waals surface area (Å²) in [7, 11) is 0. The molecule has 5 nitrogen and oxygen atoms in total. The summed E-state index contributed by atoms with van der Waals surface area (Å²) < 4.78 is 11.2. The minimum Gasteiger partial charge on any atom is -0.490 e. The van der Waals surface area contributed by atoms with Gasteiger partial charge in [0.15, 0.2) is 11.5 Å². The molecule has 2 atom stereocenters. The van der Waals surface area contributed by atoms with Crippen LogP contribution in [0.5, 0.6) is 11.5 Å². The van der Waals surface area contributed by atoms with Gasteiger partial charge in [-0.3, -0.25) is 4.79 Å². The lowest BCUT2D eigenvalue weighted by molar-refractivity contribution is -0.120. The highest BCUT2D eigenvalue weighted by molar-refractivity contribution is 5.93. The molecule has 1 fully saturated rings. The predicted molar refractivity (Wildman–Crippen MR) is 80.8 cm³/mol. The average molecular weight is 290 g/mol. The van der Waals surface area contributed by atoms with Crippen LogP contribution >= 0.6 is 0 Å². The van der Waals surface area contributed by atoms with Gasteiger partial charge < -0.3 is 20.1 Å². The molecule has 2 heterocycles. The highest BCUT2D eigenvalue weighted by Crippen LogP contribution is 2.32. The van der Waals surface area contributed by atoms with E-state index < -0.39 is 0 Å². The highest BCUT2D eigenvalue weighted by Gasteiger charge is 2.25. The third kappa shape index (κ3) is 3.47. The fourth-order valence-corrected chi connectivity index (χ4v) is 2.84. The molecular formula is C16H22N2O3. The van der Waals surface area contributed by atoms with Gasteiger partial charge in [-0.15, -0.1) is 0 Å². The molecule has 114 valence electrons. The number of anilines is 1. The Balaban J connectivity index is 1.67. The number of nitrogens with one attached hydrogen (secondary N) is 2. The monoisotopic (exact) mass is 290 g/mol. The number of hydrogen-bond acceptors (Lipinski definition) is 4. The number of carbonyl (C=O) groups excluding carboxylic acids is 1. The van der Waals surface area contributed by atoms with Crippen molar-refractivity contribution in [2.75, 3.05) is 31.6 Å². The van der Waals surface area contributed by atoms with Crippen LogP contribution in [0.4, 0.5) is 5.69 Å². The molecule has 0 bridgehead atoms. The lowest BCUT2D eigenvalue weighted by Crippen LogP contribution is -2.40. The van der Waals surface area contributed by atoms with Crippen molar-refractivity contribution < 1.29 is 14.3 Å². The maximum absolute atomic E-state index is 12.3. The number of rotatable bonds is 2. The van der Waals surface area contributed by atoms with Crippen LogP contribution in [-0.4, -0.2) is 32.2 Å². The predicted octanol–water partition coefficient (Wildman–Crippen LogP) is 2.03. The number of amides is 1. The smallest absolute Gasteiger partial charge is 0.228 e. The van der Waals surface area contributed by atoms with E-state index in [1.807, 2.05) is 18.2 Å². The quantitative estimate of drug-likeness (QED) is 0.875. The molecular weight excluding hydrogens is 268 g/mol. The van der Waals surface area contributed by atoms with E-state index in [4.69, 9.17) is 9.47 Å². The fraction of sp³-hybridized carbons (Fsp3) is 0.562. The van der Waals surface area contributed by atoms with Crippen LogP contribution in [0.1, 0.15) is 19.8 Å². The molecule has 1 saturated heterocycles. The van der Waals surface area contributed by atoms with Crippen LogP contribution < -0.4 is 20.1 Å². The summed E-state index contributed by atoms with van der Waals surface area (Å²) in [4.78, 5) is 12.3. The summed E-state index contributed by atoms with van der Waals surface area (Å²) in [5.74, 6) is 2.10. The molecule has 2 N–H and O–H groups in total. The summed E-state index contributed by atoms with van der Waals surface area (Å²) in [6, 6.07) is 5.57. The molecule has 2 aliphatic rings. The van der Waals surface area contributed by atoms with E-state index in [1.165, 1.54) is 0 Å². The molecule has 21 heavy (non-hydrogen) atoms. The Morgan fingerprint density at radius 2 is 2.05 bits per heavy atom. The van der Waals surface area contributed by atoms with Crippen LogP contribution in [0, 0.1) is 11.8 Å². The first-order valence-corrected chi connectivity index (χ1v) is 7.63. The van der Waals surface area contributed by atoms with E-state index in [0.717, 1.165) is 37.4 Å². The largest absolute Gasteiger partial charge is 0.490 e. The van der Waals surface area contributed by atoms with Crippen LogP contribution in [0.15, 0.2) is 18.2 Å². The van der Waals surface area contributed by atoms with Crippen molar-refractivity contribution in [2.45, 2.75) is 19.8 Å². The molecule has 5 heteroatoms. The zero-order valence-corrected chi connectivity index (χ0v) is 12.4. The minimum atomic E-state index is 0.0322. The Labute approximate surface area is 125 Å². The first-order valence-electron chi connectivity index (χ1n) is 7.63. The van der Waals surface area contributed by atoms with Gasteiger partial charge in [0.05, 0.1) is 19.1 Å². The van der Waals surface area contributed by atoms with Gasteiger partial charge >= 0.3 is 0 Å². The van der Waals surface area contributed by atoms with Crippen LogP contribution in [0.2, 0.25) is 0 Å². The Hall–Kier alpha value is -1.75. The van der Waals surface area contributed by atoms with Gasteiger partial charge in [0.1, 0.15) is 0 Å². The topological polar surface area (TPSA) is 59.6 Å². The molecule has 2 unspecified atom stereocenters. The molecule has 0 radical (unpaired) electrons. The van der Waals surface area contributed by atoms with Crippen LogP contribution in [0.25, 0.3) is 0 Å². The molecule has 1 amide bonds. The first-order chi connectivity index (χ1) is 10.2. The first kappa shape index (κ1) is 14.2. The van der Waals surface area contributed by atoms with Crippen molar-refractivity contribution >= 4 is 11.6 Å². The lowest BCUT2D eigenvalue weighted by atomic mass is 9.91. The Bertz CT molecular complexity index is 518. The highest BCUT2D eigenvalue weighted by atomic mass is 16.5. The molecule has 0 aliphatic carbocycles. The summed E-state index contributed by atoms with van der Waals surface area (Å²) >= 11 is 0. The van der Waals surface area contributed by atoms with Gasteiger partial charge in [0.25, 0.3) is 0 Å². The molecule has 0 spiro atoms.